The minimum absolute atomic E-state index is 0.344. The standard InChI is InChI=1S/C13H11F3N3/c1-8-10-3-2-6-18(10)11-5-4-9(13(14,15)16)7-12(11)19(8)17/h2-7H,17H2,1H3/q+1. The van der Waals surface area contributed by atoms with Gasteiger partial charge < -0.3 is 4.40 Å². The molecule has 19 heavy (non-hydrogen) atoms. The Labute approximate surface area is 106 Å². The van der Waals surface area contributed by atoms with Crippen molar-refractivity contribution in [2.24, 2.45) is 0 Å². The molecular weight excluding hydrogens is 255 g/mol. The molecule has 0 saturated carbocycles. The summed E-state index contributed by atoms with van der Waals surface area (Å²) in [4.78, 5) is 0. The lowest BCUT2D eigenvalue weighted by molar-refractivity contribution is -0.617. The van der Waals surface area contributed by atoms with Gasteiger partial charge in [0, 0.05) is 19.2 Å². The average molecular weight is 266 g/mol. The summed E-state index contributed by atoms with van der Waals surface area (Å²) < 4.78 is 41.4. The molecule has 3 rings (SSSR count). The molecule has 0 spiro atoms. The number of benzene rings is 1. The van der Waals surface area contributed by atoms with E-state index < -0.39 is 11.7 Å². The van der Waals surface area contributed by atoms with Gasteiger partial charge >= 0.3 is 6.18 Å². The second-order valence-corrected chi connectivity index (χ2v) is 4.42. The second kappa shape index (κ2) is 3.63. The number of nitrogens with two attached hydrogens (primary N) is 1. The summed E-state index contributed by atoms with van der Waals surface area (Å²) in [6, 6.07) is 7.28. The molecule has 0 radical (unpaired) electrons. The first-order chi connectivity index (χ1) is 8.89. The first-order valence-electron chi connectivity index (χ1n) is 5.67. The predicted molar refractivity (Wildman–Crippen MR) is 65.0 cm³/mol. The zero-order valence-corrected chi connectivity index (χ0v) is 10.1. The van der Waals surface area contributed by atoms with Gasteiger partial charge in [0.15, 0.2) is 0 Å². The lowest BCUT2D eigenvalue weighted by atomic mass is 10.1. The molecule has 2 heterocycles. The average Bonchev–Trinajstić information content (AvgIpc) is 2.83. The number of nitrogen functional groups attached to an aromatic ring is 1. The largest absolute Gasteiger partial charge is 0.416 e. The summed E-state index contributed by atoms with van der Waals surface area (Å²) in [6.45, 7) is 1.77. The predicted octanol–water partition coefficient (Wildman–Crippen LogP) is 2.42. The molecule has 98 valence electrons. The van der Waals surface area contributed by atoms with Crippen LogP contribution in [0.4, 0.5) is 13.2 Å². The lowest BCUT2D eigenvalue weighted by Crippen LogP contribution is -2.48. The highest BCUT2D eigenvalue weighted by Crippen LogP contribution is 2.31. The highest BCUT2D eigenvalue weighted by atomic mass is 19.4. The first-order valence-corrected chi connectivity index (χ1v) is 5.67. The Morgan fingerprint density at radius 2 is 1.89 bits per heavy atom. The highest BCUT2D eigenvalue weighted by molar-refractivity contribution is 5.77. The van der Waals surface area contributed by atoms with E-state index in [1.165, 1.54) is 10.7 Å². The molecular formula is C13H11F3N3+. The van der Waals surface area contributed by atoms with Crippen molar-refractivity contribution in [3.8, 4) is 0 Å². The monoisotopic (exact) mass is 266 g/mol. The SMILES string of the molecule is Cc1c2cccn2c2ccc(C(F)(F)F)cc2[n+]1N. The van der Waals surface area contributed by atoms with Crippen LogP contribution in [-0.4, -0.2) is 4.40 Å². The Balaban J connectivity index is 2.47. The van der Waals surface area contributed by atoms with E-state index in [1.54, 1.807) is 13.1 Å². The van der Waals surface area contributed by atoms with Gasteiger partial charge in [-0.05, 0) is 24.3 Å². The zero-order chi connectivity index (χ0) is 13.8. The molecule has 0 aliphatic carbocycles. The first kappa shape index (κ1) is 11.8. The molecule has 2 aromatic heterocycles. The Bertz CT molecular complexity index is 787. The normalized spacial score (nSPS) is 12.4. The van der Waals surface area contributed by atoms with E-state index in [-0.39, 0.29) is 0 Å². The molecule has 3 aromatic rings. The van der Waals surface area contributed by atoms with Crippen molar-refractivity contribution in [2.45, 2.75) is 13.1 Å². The van der Waals surface area contributed by atoms with Gasteiger partial charge in [0.1, 0.15) is 11.0 Å². The van der Waals surface area contributed by atoms with E-state index in [0.717, 1.165) is 17.6 Å². The molecule has 0 fully saturated rings. The van der Waals surface area contributed by atoms with Crippen molar-refractivity contribution in [3.63, 3.8) is 0 Å². The molecule has 0 bridgehead atoms. The van der Waals surface area contributed by atoms with Gasteiger partial charge in [-0.3, -0.25) is 0 Å². The van der Waals surface area contributed by atoms with Gasteiger partial charge in [-0.2, -0.15) is 13.2 Å². The van der Waals surface area contributed by atoms with Crippen LogP contribution in [0.1, 0.15) is 11.3 Å². The van der Waals surface area contributed by atoms with Gasteiger partial charge in [-0.15, -0.1) is 0 Å². The Kier molecular flexibility index (Phi) is 2.26. The molecule has 0 atom stereocenters. The summed E-state index contributed by atoms with van der Waals surface area (Å²) in [5.74, 6) is 5.89. The molecule has 0 aliphatic rings. The van der Waals surface area contributed by atoms with Gasteiger partial charge in [-0.25, -0.2) is 5.84 Å². The van der Waals surface area contributed by atoms with E-state index in [2.05, 4.69) is 0 Å². The van der Waals surface area contributed by atoms with Gasteiger partial charge in [-0.1, -0.05) is 4.68 Å². The van der Waals surface area contributed by atoms with Gasteiger partial charge in [0.05, 0.1) is 5.56 Å². The van der Waals surface area contributed by atoms with Crippen molar-refractivity contribution in [3.05, 3.63) is 47.8 Å². The number of halogens is 3. The van der Waals surface area contributed by atoms with E-state index in [9.17, 15) is 13.2 Å². The van der Waals surface area contributed by atoms with Crippen molar-refractivity contribution in [1.82, 2.24) is 4.40 Å². The Morgan fingerprint density at radius 1 is 1.16 bits per heavy atom. The topological polar surface area (TPSA) is 34.3 Å². The van der Waals surface area contributed by atoms with E-state index in [4.69, 9.17) is 5.84 Å². The van der Waals surface area contributed by atoms with Crippen LogP contribution >= 0.6 is 0 Å². The summed E-state index contributed by atoms with van der Waals surface area (Å²) in [6.07, 6.45) is -2.57. The van der Waals surface area contributed by atoms with Crippen molar-refractivity contribution in [1.29, 1.82) is 0 Å². The number of rotatable bonds is 0. The number of fused-ring (bicyclic) bond motifs is 3. The molecule has 0 amide bonds. The fourth-order valence-electron chi connectivity index (χ4n) is 2.29. The summed E-state index contributed by atoms with van der Waals surface area (Å²) in [5.41, 5.74) is 1.86. The maximum atomic E-state index is 12.7. The van der Waals surface area contributed by atoms with Crippen molar-refractivity contribution >= 4 is 16.6 Å². The quantitative estimate of drug-likeness (QED) is 0.492. The summed E-state index contributed by atoms with van der Waals surface area (Å²) >= 11 is 0. The maximum absolute atomic E-state index is 12.7. The van der Waals surface area contributed by atoms with Crippen molar-refractivity contribution in [2.75, 3.05) is 5.84 Å². The number of hydrogen-bond acceptors (Lipinski definition) is 1. The third-order valence-electron chi connectivity index (χ3n) is 3.30. The molecule has 2 N–H and O–H groups in total. The zero-order valence-electron chi connectivity index (χ0n) is 10.1. The fraction of sp³-hybridized carbons (Fsp3) is 0.154. The van der Waals surface area contributed by atoms with E-state index >= 15 is 0 Å². The smallest absolute Gasteiger partial charge is 0.306 e. The fourth-order valence-corrected chi connectivity index (χ4v) is 2.29. The van der Waals surface area contributed by atoms with E-state index in [1.807, 2.05) is 16.5 Å². The van der Waals surface area contributed by atoms with Crippen LogP contribution < -0.4 is 10.5 Å². The molecule has 3 nitrogen and oxygen atoms in total. The van der Waals surface area contributed by atoms with Gasteiger partial charge in [0.25, 0.3) is 5.52 Å². The van der Waals surface area contributed by atoms with Crippen LogP contribution in [0.5, 0.6) is 0 Å². The third kappa shape index (κ3) is 1.63. The number of nitrogens with zero attached hydrogens (tertiary/aromatic N) is 2. The Morgan fingerprint density at radius 3 is 2.58 bits per heavy atom. The minimum atomic E-state index is -4.37. The number of hydrogen-bond donors (Lipinski definition) is 1. The number of aryl methyl sites for hydroxylation is 1. The maximum Gasteiger partial charge on any atom is 0.416 e. The highest BCUT2D eigenvalue weighted by Gasteiger charge is 2.32. The Hall–Kier alpha value is -2.24. The number of alkyl halides is 3. The molecule has 0 unspecified atom stereocenters. The molecule has 6 heteroatoms. The number of aromatic nitrogens is 2. The summed E-state index contributed by atoms with van der Waals surface area (Å²) in [5, 5.41) is 0. The lowest BCUT2D eigenvalue weighted by Gasteiger charge is -2.08. The summed E-state index contributed by atoms with van der Waals surface area (Å²) in [7, 11) is 0. The van der Waals surface area contributed by atoms with Gasteiger partial charge in [0.2, 0.25) is 5.69 Å². The molecule has 0 aliphatic heterocycles. The third-order valence-corrected chi connectivity index (χ3v) is 3.30. The second-order valence-electron chi connectivity index (χ2n) is 4.42. The van der Waals surface area contributed by atoms with E-state index in [0.29, 0.717) is 16.7 Å². The van der Waals surface area contributed by atoms with Crippen LogP contribution in [0.25, 0.3) is 16.6 Å². The van der Waals surface area contributed by atoms with Crippen LogP contribution in [0.15, 0.2) is 36.5 Å². The van der Waals surface area contributed by atoms with Crippen LogP contribution in [0, 0.1) is 6.92 Å². The molecule has 1 aromatic carbocycles. The molecule has 0 saturated heterocycles. The van der Waals surface area contributed by atoms with Crippen LogP contribution in [0.3, 0.4) is 0 Å². The van der Waals surface area contributed by atoms with Crippen LogP contribution in [0.2, 0.25) is 0 Å². The van der Waals surface area contributed by atoms with Crippen LogP contribution in [-0.2, 0) is 6.18 Å². The minimum Gasteiger partial charge on any atom is -0.306 e. The van der Waals surface area contributed by atoms with Crippen molar-refractivity contribution < 1.29 is 17.8 Å².